The van der Waals surface area contributed by atoms with Gasteiger partial charge in [0.25, 0.3) is 0 Å². The van der Waals surface area contributed by atoms with E-state index in [9.17, 15) is 19.2 Å². The molecule has 10 rings (SSSR count). The van der Waals surface area contributed by atoms with E-state index in [4.69, 9.17) is 19.2 Å². The number of imidazole rings is 1. The average Bonchev–Trinajstić information content (AvgIpc) is 3.98. The molecular weight excluding hydrogens is 854 g/mol. The average molecular weight is 900 g/mol. The van der Waals surface area contributed by atoms with E-state index in [2.05, 4.69) is 65.8 Å². The Bertz CT molecular complexity index is 2870. The molecule has 14 heteroatoms. The summed E-state index contributed by atoms with van der Waals surface area (Å²) in [5.41, 5.74) is 15.3. The van der Waals surface area contributed by atoms with Crippen molar-refractivity contribution < 1.29 is 33.4 Å². The maximum Gasteiger partial charge on any atom is 0.323 e. The van der Waals surface area contributed by atoms with E-state index in [1.807, 2.05) is 31.1 Å². The number of fused-ring (bicyclic) bond motifs is 10. The molecule has 10 nitrogen and oxygen atoms in total. The maximum absolute atomic E-state index is 13.0. The molecule has 0 saturated heterocycles. The van der Waals surface area contributed by atoms with Crippen LogP contribution in [0.25, 0.3) is 44.3 Å². The van der Waals surface area contributed by atoms with E-state index in [0.717, 1.165) is 71.9 Å². The second-order valence-corrected chi connectivity index (χ2v) is 19.6. The molecule has 6 aromatic rings. The second kappa shape index (κ2) is 18.0. The molecule has 0 spiro atoms. The summed E-state index contributed by atoms with van der Waals surface area (Å²) in [6.45, 7) is 8.50. The molecule has 0 bridgehead atoms. The van der Waals surface area contributed by atoms with Gasteiger partial charge in [-0.1, -0.05) is 56.1 Å². The molecule has 1 aliphatic carbocycles. The van der Waals surface area contributed by atoms with E-state index < -0.39 is 0 Å². The Hall–Kier alpha value is -4.96. The summed E-state index contributed by atoms with van der Waals surface area (Å²) in [6, 6.07) is 24.7. The topological polar surface area (TPSA) is 137 Å². The molecule has 4 heterocycles. The molecule has 1 N–H and O–H groups in total. The van der Waals surface area contributed by atoms with E-state index in [0.29, 0.717) is 44.9 Å². The summed E-state index contributed by atoms with van der Waals surface area (Å²) < 4.78 is 17.1. The molecule has 62 heavy (non-hydrogen) atoms. The summed E-state index contributed by atoms with van der Waals surface area (Å²) in [4.78, 5) is 61.2. The molecule has 4 aliphatic rings. The van der Waals surface area contributed by atoms with Gasteiger partial charge in [0.05, 0.1) is 17.6 Å². The molecule has 0 fully saturated rings. The van der Waals surface area contributed by atoms with Crippen molar-refractivity contribution in [3.63, 3.8) is 0 Å². The number of aromatic nitrogens is 2. The number of Topliss-reactive ketones (excluding diaryl/α,β-unsaturated/α-hetero) is 2. The highest BCUT2D eigenvalue weighted by Crippen LogP contribution is 2.46. The normalized spacial score (nSPS) is 16.0. The van der Waals surface area contributed by atoms with Crippen LogP contribution in [-0.4, -0.2) is 71.5 Å². The van der Waals surface area contributed by atoms with Crippen LogP contribution in [0, 0.1) is 5.92 Å². The number of aromatic amines is 1. The highest BCUT2D eigenvalue weighted by atomic mass is 31.1. The van der Waals surface area contributed by atoms with Gasteiger partial charge < -0.3 is 19.2 Å². The third kappa shape index (κ3) is 8.31. The first-order valence-corrected chi connectivity index (χ1v) is 26.5. The van der Waals surface area contributed by atoms with E-state index in [1.54, 1.807) is 18.8 Å². The van der Waals surface area contributed by atoms with Gasteiger partial charge in [0.15, 0.2) is 23.7 Å². The minimum absolute atomic E-state index is 0.00342. The molecule has 0 amide bonds. The molecule has 5 atom stereocenters. The second-order valence-electron chi connectivity index (χ2n) is 15.6. The first kappa shape index (κ1) is 42.3. The lowest BCUT2D eigenvalue weighted by Crippen LogP contribution is -2.24. The van der Waals surface area contributed by atoms with Crippen LogP contribution in [-0.2, 0) is 35.6 Å². The Morgan fingerprint density at radius 3 is 2.29 bits per heavy atom. The molecule has 1 aromatic heterocycles. The lowest BCUT2D eigenvalue weighted by molar-refractivity contribution is -0.111. The molecule has 5 aromatic carbocycles. The number of nitrogens with one attached hydrogen (secondary N) is 1. The summed E-state index contributed by atoms with van der Waals surface area (Å²) >= 11 is 0. The summed E-state index contributed by atoms with van der Waals surface area (Å²) in [5, 5.41) is 2.53. The van der Waals surface area contributed by atoms with Crippen LogP contribution >= 0.6 is 34.3 Å². The van der Waals surface area contributed by atoms with Gasteiger partial charge >= 0.3 is 5.71 Å². The van der Waals surface area contributed by atoms with Crippen molar-refractivity contribution in [2.75, 3.05) is 33.3 Å². The Morgan fingerprint density at radius 1 is 0.790 bits per heavy atom. The number of nitrogens with zero attached hydrogens (tertiary/aromatic N) is 2. The molecule has 314 valence electrons. The molecule has 3 aliphatic heterocycles. The van der Waals surface area contributed by atoms with Gasteiger partial charge in [-0.05, 0) is 140 Å². The fraction of sp³-hybridized carbons (Fsp3) is 0.250. The van der Waals surface area contributed by atoms with Crippen LogP contribution in [0.3, 0.4) is 0 Å². The minimum Gasteiger partial charge on any atom is -0.488 e. The zero-order valence-corrected chi connectivity index (χ0v) is 38.8. The number of aryl methyl sites for hydroxylation is 1. The Kier molecular flexibility index (Phi) is 12.3. The summed E-state index contributed by atoms with van der Waals surface area (Å²) in [5.74, 6) is 1.14. The van der Waals surface area contributed by atoms with Gasteiger partial charge in [-0.15, -0.1) is 0 Å². The van der Waals surface area contributed by atoms with Gasteiger partial charge in [0.2, 0.25) is 0 Å². The van der Waals surface area contributed by atoms with Gasteiger partial charge in [0.1, 0.15) is 30.3 Å². The lowest BCUT2D eigenvalue weighted by atomic mass is 9.79. The number of ether oxygens (including phenoxy) is 3. The zero-order chi connectivity index (χ0) is 43.1. The van der Waals surface area contributed by atoms with Crippen molar-refractivity contribution in [2.45, 2.75) is 38.9 Å². The number of carbonyl (C=O) groups excluding carboxylic acids is 4. The fourth-order valence-electron chi connectivity index (χ4n) is 8.60. The predicted octanol–water partition coefficient (Wildman–Crippen LogP) is 10.5. The third-order valence-corrected chi connectivity index (χ3v) is 14.9. The van der Waals surface area contributed by atoms with Crippen molar-refractivity contribution >= 4 is 84.6 Å². The molecule has 0 radical (unpaired) electrons. The molecule has 0 saturated carbocycles. The van der Waals surface area contributed by atoms with Crippen molar-refractivity contribution in [1.82, 2.24) is 9.97 Å². The van der Waals surface area contributed by atoms with E-state index >= 15 is 0 Å². The molecular formula is C48H45N3O7P4. The third-order valence-electron chi connectivity index (χ3n) is 12.0. The summed E-state index contributed by atoms with van der Waals surface area (Å²) in [6.07, 6.45) is 4.63. The van der Waals surface area contributed by atoms with Gasteiger partial charge in [-0.2, -0.15) is 0 Å². The van der Waals surface area contributed by atoms with Crippen molar-refractivity contribution in [2.24, 2.45) is 10.9 Å². The van der Waals surface area contributed by atoms with Crippen LogP contribution in [0.4, 0.5) is 10.5 Å². The Morgan fingerprint density at radius 2 is 1.55 bits per heavy atom. The maximum atomic E-state index is 13.0. The first-order chi connectivity index (χ1) is 30.1. The highest BCUT2D eigenvalue weighted by Gasteiger charge is 2.32. The quantitative estimate of drug-likeness (QED) is 0.106. The van der Waals surface area contributed by atoms with Crippen LogP contribution < -0.4 is 15.0 Å². The minimum atomic E-state index is -0.380. The van der Waals surface area contributed by atoms with E-state index in [1.165, 1.54) is 38.5 Å². The lowest BCUT2D eigenvalue weighted by Gasteiger charge is -2.27. The van der Waals surface area contributed by atoms with Gasteiger partial charge in [-0.3, -0.25) is 19.4 Å². The predicted molar refractivity (Wildman–Crippen MR) is 256 cm³/mol. The molecule has 5 unspecified atom stereocenters. The standard InChI is InChI=1S/C24H21N3OP2.C24H24O6P2/c1-29-23-10-18-17-9-22-19(8-13(17)4-6-20(18)26-23)16-5-3-14(7-15(16)12-28-22)21-11-25-24(27-21)30-2;1-31-22(26)9-15-4-3-13-8-19-17-6-5-14(20(25)12-30-24(28)32-2)7-16(17)11-29-21(19)10-18(13)23(15)27/h3-9,11,29-30H,10,12H2,1-2H3,(H,25,27);5-8,10,15,31-32H,3-4,9,11-12H2,1-2H3. The summed E-state index contributed by atoms with van der Waals surface area (Å²) in [7, 11) is 1.64. The van der Waals surface area contributed by atoms with Crippen molar-refractivity contribution in [1.29, 1.82) is 0 Å². The SMILES string of the molecule is CPC(=O)CC1CCc2cc3c(cc2C1=O)OCc1cc(C(=O)COC(=O)PC)ccc1-3.CPC1=Nc2ccc3cc4c(cc3c2C1)OCc1cc(-c2cnc(PC)[nH]2)ccc1-4. The van der Waals surface area contributed by atoms with Crippen LogP contribution in [0.15, 0.2) is 84.0 Å². The number of rotatable bonds is 10. The largest absolute Gasteiger partial charge is 0.488 e. The van der Waals surface area contributed by atoms with Crippen molar-refractivity contribution in [3.8, 4) is 45.0 Å². The van der Waals surface area contributed by atoms with Crippen LogP contribution in [0.2, 0.25) is 0 Å². The number of carbonyl (C=O) groups is 4. The number of benzene rings is 5. The van der Waals surface area contributed by atoms with Gasteiger partial charge in [0, 0.05) is 46.5 Å². The smallest absolute Gasteiger partial charge is 0.323 e. The Labute approximate surface area is 366 Å². The fourth-order valence-corrected chi connectivity index (χ4v) is 10.3. The highest BCUT2D eigenvalue weighted by molar-refractivity contribution is 7.57. The number of aliphatic imine (C=N–C) groups is 1. The number of ketones is 2. The van der Waals surface area contributed by atoms with Crippen LogP contribution in [0.5, 0.6) is 11.5 Å². The zero-order valence-electron chi connectivity index (χ0n) is 34.8. The number of hydrogen-bond acceptors (Lipinski definition) is 9. The first-order valence-electron chi connectivity index (χ1n) is 20.5. The Balaban J connectivity index is 0.000000158. The van der Waals surface area contributed by atoms with E-state index in [-0.39, 0.29) is 59.1 Å². The number of hydrogen-bond donors (Lipinski definition) is 1. The number of H-pyrrole nitrogens is 1. The monoisotopic (exact) mass is 899 g/mol. The van der Waals surface area contributed by atoms with Crippen LogP contribution in [0.1, 0.15) is 55.8 Å². The van der Waals surface area contributed by atoms with Crippen molar-refractivity contribution in [3.05, 3.63) is 112 Å². The van der Waals surface area contributed by atoms with Gasteiger partial charge in [-0.25, -0.2) is 9.78 Å².